The number of amides is 2. The lowest BCUT2D eigenvalue weighted by atomic mass is 9.89. The molecule has 1 aromatic carbocycles. The highest BCUT2D eigenvalue weighted by Gasteiger charge is 2.51. The number of para-hydroxylation sites is 1. The monoisotopic (exact) mass is 425 g/mol. The zero-order valence-electron chi connectivity index (χ0n) is 18.5. The average molecular weight is 426 g/mol. The second kappa shape index (κ2) is 8.02. The third-order valence-electron chi connectivity index (χ3n) is 7.18. The third-order valence-corrected chi connectivity index (χ3v) is 7.18. The molecule has 7 nitrogen and oxygen atoms in total. The van der Waals surface area contributed by atoms with Gasteiger partial charge in [0, 0.05) is 28.9 Å². The minimum atomic E-state index is -1.05. The van der Waals surface area contributed by atoms with Crippen LogP contribution < -0.4 is 5.32 Å². The first kappa shape index (κ1) is 21.4. The Kier molecular flexibility index (Phi) is 5.54. The molecule has 4 rings (SSSR count). The normalized spacial score (nSPS) is 24.7. The lowest BCUT2D eigenvalue weighted by Crippen LogP contribution is -2.56. The summed E-state index contributed by atoms with van der Waals surface area (Å²) in [4.78, 5) is 43.7. The molecule has 0 saturated carbocycles. The summed E-state index contributed by atoms with van der Waals surface area (Å²) in [6, 6.07) is 6.10. The molecule has 1 aromatic heterocycles. The molecule has 0 spiro atoms. The maximum Gasteiger partial charge on any atom is 0.326 e. The van der Waals surface area contributed by atoms with Gasteiger partial charge in [-0.2, -0.15) is 0 Å². The Morgan fingerprint density at radius 2 is 1.97 bits per heavy atom. The van der Waals surface area contributed by atoms with Gasteiger partial charge in [-0.3, -0.25) is 9.59 Å². The number of fused-ring (bicyclic) bond motifs is 5. The first-order chi connectivity index (χ1) is 14.7. The van der Waals surface area contributed by atoms with Gasteiger partial charge in [-0.05, 0) is 29.9 Å². The molecule has 3 N–H and O–H groups in total. The van der Waals surface area contributed by atoms with Crippen molar-refractivity contribution in [2.24, 2.45) is 17.8 Å². The highest BCUT2D eigenvalue weighted by atomic mass is 16.4. The van der Waals surface area contributed by atoms with Gasteiger partial charge in [0.15, 0.2) is 0 Å². The zero-order chi connectivity index (χ0) is 22.4. The van der Waals surface area contributed by atoms with Crippen LogP contribution in [0.1, 0.15) is 57.8 Å². The number of aromatic nitrogens is 1. The van der Waals surface area contributed by atoms with E-state index in [0.29, 0.717) is 19.3 Å². The van der Waals surface area contributed by atoms with E-state index in [-0.39, 0.29) is 35.6 Å². The fraction of sp³-hybridized carbons (Fsp3) is 0.542. The number of aliphatic carboxylic acids is 1. The number of hydrogen-bond donors (Lipinski definition) is 3. The summed E-state index contributed by atoms with van der Waals surface area (Å²) in [5.41, 5.74) is 3.07. The summed E-state index contributed by atoms with van der Waals surface area (Å²) in [7, 11) is 0. The Morgan fingerprint density at radius 1 is 1.26 bits per heavy atom. The largest absolute Gasteiger partial charge is 0.480 e. The first-order valence-electron chi connectivity index (χ1n) is 11.2. The average Bonchev–Trinajstić information content (AvgIpc) is 3.28. The number of benzene rings is 1. The van der Waals surface area contributed by atoms with Crippen molar-refractivity contribution in [1.82, 2.24) is 15.2 Å². The molecule has 1 saturated heterocycles. The van der Waals surface area contributed by atoms with Crippen LogP contribution in [0.2, 0.25) is 0 Å². The quantitative estimate of drug-likeness (QED) is 0.661. The topological polar surface area (TPSA) is 103 Å². The summed E-state index contributed by atoms with van der Waals surface area (Å²) in [5, 5.41) is 13.4. The number of hydrogen-bond acceptors (Lipinski definition) is 3. The number of carboxylic acids is 1. The van der Waals surface area contributed by atoms with Crippen molar-refractivity contribution < 1.29 is 19.5 Å². The van der Waals surface area contributed by atoms with E-state index in [0.717, 1.165) is 22.2 Å². The number of nitrogens with one attached hydrogen (secondary N) is 2. The lowest BCUT2D eigenvalue weighted by molar-refractivity contribution is -0.146. The van der Waals surface area contributed by atoms with Gasteiger partial charge >= 0.3 is 5.97 Å². The number of nitrogens with zero attached hydrogens (tertiary/aromatic N) is 1. The van der Waals surface area contributed by atoms with Crippen LogP contribution in [0.15, 0.2) is 24.3 Å². The summed E-state index contributed by atoms with van der Waals surface area (Å²) in [5.74, 6) is -1.63. The predicted molar refractivity (Wildman–Crippen MR) is 117 cm³/mol. The maximum atomic E-state index is 13.4. The Morgan fingerprint density at radius 3 is 2.61 bits per heavy atom. The van der Waals surface area contributed by atoms with Gasteiger partial charge < -0.3 is 20.3 Å². The number of H-pyrrole nitrogens is 1. The molecular formula is C24H31N3O4. The minimum Gasteiger partial charge on any atom is -0.480 e. The van der Waals surface area contributed by atoms with Gasteiger partial charge in [-0.1, -0.05) is 52.3 Å². The van der Waals surface area contributed by atoms with Crippen LogP contribution in [0.4, 0.5) is 0 Å². The Balaban J connectivity index is 1.74. The molecule has 2 unspecified atom stereocenters. The van der Waals surface area contributed by atoms with E-state index in [2.05, 4.69) is 10.3 Å². The third kappa shape index (κ3) is 3.50. The summed E-state index contributed by atoms with van der Waals surface area (Å²) in [6.45, 7) is 7.78. The molecule has 0 aliphatic carbocycles. The van der Waals surface area contributed by atoms with E-state index in [1.807, 2.05) is 52.0 Å². The van der Waals surface area contributed by atoms with Gasteiger partial charge in [0.2, 0.25) is 11.8 Å². The molecule has 2 aliphatic heterocycles. The summed E-state index contributed by atoms with van der Waals surface area (Å²) >= 11 is 0. The van der Waals surface area contributed by atoms with Gasteiger partial charge in [0.25, 0.3) is 0 Å². The molecule has 2 amide bonds. The second-order valence-corrected chi connectivity index (χ2v) is 9.34. The molecule has 0 radical (unpaired) electrons. The number of carboxylic acid groups (broad SMARTS) is 1. The number of aromatic amines is 1. The van der Waals surface area contributed by atoms with Crippen molar-refractivity contribution in [3.8, 4) is 0 Å². The molecule has 5 atom stereocenters. The van der Waals surface area contributed by atoms with E-state index < -0.39 is 18.1 Å². The number of carbonyl (C=O) groups excluding carboxylic acids is 2. The fourth-order valence-electron chi connectivity index (χ4n) is 5.15. The van der Waals surface area contributed by atoms with Crippen molar-refractivity contribution in [3.05, 3.63) is 35.5 Å². The molecule has 2 aliphatic rings. The molecule has 7 heteroatoms. The SMILES string of the molecule is CC[C@H](C)[C@H](NC(=O)[C@@H]1Cc2c([nH]c3ccccc23)C2CC(C(C)C)C(=O)N21)C(=O)O. The van der Waals surface area contributed by atoms with Crippen LogP contribution in [0.3, 0.4) is 0 Å². The van der Waals surface area contributed by atoms with Crippen molar-refractivity contribution in [2.45, 2.75) is 65.1 Å². The maximum absolute atomic E-state index is 13.4. The van der Waals surface area contributed by atoms with E-state index >= 15 is 0 Å². The van der Waals surface area contributed by atoms with Crippen molar-refractivity contribution in [3.63, 3.8) is 0 Å². The number of carbonyl (C=O) groups is 3. The second-order valence-electron chi connectivity index (χ2n) is 9.34. The van der Waals surface area contributed by atoms with Crippen molar-refractivity contribution in [2.75, 3.05) is 0 Å². The Labute approximate surface area is 182 Å². The summed E-state index contributed by atoms with van der Waals surface area (Å²) in [6.07, 6.45) is 1.67. The van der Waals surface area contributed by atoms with Crippen LogP contribution in [0, 0.1) is 17.8 Å². The Bertz CT molecular complexity index is 1030. The standard InChI is InChI=1S/C24H31N3O4/c1-5-13(4)20(24(30)31)26-22(28)19-11-16-14-8-6-7-9-17(14)25-21(16)18-10-15(12(2)3)23(29)27(18)19/h6-9,12-13,15,18-20,25H,5,10-11H2,1-4H3,(H,26,28)(H,30,31)/t13-,15?,18?,19-,20-/m0/s1. The van der Waals surface area contributed by atoms with Crippen molar-refractivity contribution >= 4 is 28.7 Å². The van der Waals surface area contributed by atoms with E-state index in [1.54, 1.807) is 4.90 Å². The van der Waals surface area contributed by atoms with Crippen molar-refractivity contribution in [1.29, 1.82) is 0 Å². The molecule has 2 aromatic rings. The van der Waals surface area contributed by atoms with Crippen LogP contribution in [0.25, 0.3) is 10.9 Å². The Hall–Kier alpha value is -2.83. The minimum absolute atomic E-state index is 0.0140. The smallest absolute Gasteiger partial charge is 0.326 e. The van der Waals surface area contributed by atoms with Gasteiger partial charge in [0.1, 0.15) is 12.1 Å². The molecule has 3 heterocycles. The van der Waals surface area contributed by atoms with E-state index in [1.165, 1.54) is 0 Å². The highest BCUT2D eigenvalue weighted by Crippen LogP contribution is 2.47. The molecule has 1 fully saturated rings. The molecule has 0 bridgehead atoms. The van der Waals surface area contributed by atoms with Crippen LogP contribution in [0.5, 0.6) is 0 Å². The fourth-order valence-corrected chi connectivity index (χ4v) is 5.15. The van der Waals surface area contributed by atoms with Crippen LogP contribution in [-0.4, -0.2) is 44.9 Å². The van der Waals surface area contributed by atoms with Gasteiger partial charge in [-0.15, -0.1) is 0 Å². The van der Waals surface area contributed by atoms with Gasteiger partial charge in [-0.25, -0.2) is 4.79 Å². The predicted octanol–water partition coefficient (Wildman–Crippen LogP) is 3.25. The van der Waals surface area contributed by atoms with E-state index in [9.17, 15) is 19.5 Å². The summed E-state index contributed by atoms with van der Waals surface area (Å²) < 4.78 is 0. The first-order valence-corrected chi connectivity index (χ1v) is 11.2. The lowest BCUT2D eigenvalue weighted by Gasteiger charge is -2.37. The molecular weight excluding hydrogens is 394 g/mol. The van der Waals surface area contributed by atoms with Crippen LogP contribution >= 0.6 is 0 Å². The zero-order valence-corrected chi connectivity index (χ0v) is 18.5. The van der Waals surface area contributed by atoms with Crippen LogP contribution in [-0.2, 0) is 20.8 Å². The highest BCUT2D eigenvalue weighted by molar-refractivity contribution is 5.95. The van der Waals surface area contributed by atoms with E-state index in [4.69, 9.17) is 0 Å². The molecule has 31 heavy (non-hydrogen) atoms. The molecule has 166 valence electrons. The van der Waals surface area contributed by atoms with Gasteiger partial charge in [0.05, 0.1) is 6.04 Å². The number of rotatable bonds is 6.